The molecule has 61 heavy (non-hydrogen) atoms. The summed E-state index contributed by atoms with van der Waals surface area (Å²) in [5, 5.41) is 28.2. The molecule has 3 aromatic carbocycles. The molecule has 1 aliphatic heterocycles. The van der Waals surface area contributed by atoms with Gasteiger partial charge in [-0.25, -0.2) is 9.59 Å². The quantitative estimate of drug-likeness (QED) is 0.148. The minimum Gasteiger partial charge on any atom is -0.456 e. The fourth-order valence-electron chi connectivity index (χ4n) is 10.8. The van der Waals surface area contributed by atoms with Gasteiger partial charge < -0.3 is 39.2 Å². The lowest BCUT2D eigenvalue weighted by molar-refractivity contribution is -0.323. The first kappa shape index (κ1) is 42.0. The van der Waals surface area contributed by atoms with E-state index in [0.717, 1.165) is 6.92 Å². The summed E-state index contributed by atoms with van der Waals surface area (Å²) in [6, 6.07) is 23.4. The number of amides is 1. The minimum absolute atomic E-state index is 0.137. The number of fused-ring (bicyclic) bond motifs is 4. The Morgan fingerprint density at radius 2 is 1.43 bits per heavy atom. The van der Waals surface area contributed by atoms with Crippen LogP contribution in [0.3, 0.4) is 0 Å². The lowest BCUT2D eigenvalue weighted by atomic mass is 9.48. The van der Waals surface area contributed by atoms with Crippen LogP contribution in [0.1, 0.15) is 86.2 Å². The smallest absolute Gasteiger partial charge is 0.338 e. The Labute approximate surface area is 352 Å². The Kier molecular flexibility index (Phi) is 10.6. The number of aliphatic hydroxyl groups excluding tert-OH is 1. The van der Waals surface area contributed by atoms with Crippen LogP contribution in [-0.2, 0) is 42.9 Å². The SMILES string of the molecule is CC(=O)O[C@H]1C(=O)[C@]23C[C@H]2C[C@H]2OC[C@@]2(OC(C)=O)[C@H]3[C@H](OC(=O)c2ccccc2)[C@]2(O)CC(OC(=O)[C@H](O)[C@@H](NC(=O)c3ccccc3)c3ccccc3)C(C)=C1C2(C)C. The van der Waals surface area contributed by atoms with Gasteiger partial charge in [0, 0.05) is 36.7 Å². The highest BCUT2D eigenvalue weighted by atomic mass is 16.6. The number of hydrogen-bond acceptors (Lipinski definition) is 13. The molecular weight excluding hydrogens is 787 g/mol. The summed E-state index contributed by atoms with van der Waals surface area (Å²) in [6.45, 7) is 7.08. The number of ether oxygens (including phenoxy) is 5. The van der Waals surface area contributed by atoms with E-state index in [0.29, 0.717) is 12.0 Å². The van der Waals surface area contributed by atoms with Gasteiger partial charge in [-0.2, -0.15) is 0 Å². The average molecular weight is 836 g/mol. The number of esters is 4. The Hall–Kier alpha value is -5.70. The van der Waals surface area contributed by atoms with Crippen LogP contribution in [0.25, 0.3) is 0 Å². The number of benzene rings is 3. The molecule has 8 rings (SSSR count). The first-order valence-corrected chi connectivity index (χ1v) is 20.5. The van der Waals surface area contributed by atoms with Gasteiger partial charge in [-0.3, -0.25) is 19.2 Å². The second-order valence-corrected chi connectivity index (χ2v) is 17.5. The van der Waals surface area contributed by atoms with Crippen LogP contribution < -0.4 is 5.32 Å². The van der Waals surface area contributed by atoms with Crippen molar-refractivity contribution in [3.8, 4) is 0 Å². The number of nitrogens with one attached hydrogen (secondary N) is 1. The van der Waals surface area contributed by atoms with Gasteiger partial charge >= 0.3 is 23.9 Å². The van der Waals surface area contributed by atoms with Crippen molar-refractivity contribution in [2.75, 3.05) is 6.61 Å². The Bertz CT molecular complexity index is 2300. The van der Waals surface area contributed by atoms with Crippen molar-refractivity contribution < 1.29 is 62.7 Å². The molecular formula is C47H49NO13. The summed E-state index contributed by atoms with van der Waals surface area (Å²) < 4.78 is 30.7. The number of ketones is 1. The van der Waals surface area contributed by atoms with Crippen molar-refractivity contribution in [3.05, 3.63) is 119 Å². The van der Waals surface area contributed by atoms with Gasteiger partial charge in [0.25, 0.3) is 5.91 Å². The summed E-state index contributed by atoms with van der Waals surface area (Å²) in [4.78, 5) is 83.4. The average Bonchev–Trinajstić information content (AvgIpc) is 3.96. The van der Waals surface area contributed by atoms with E-state index >= 15 is 4.79 Å². The fraction of sp³-hybridized carbons (Fsp3) is 0.447. The lowest BCUT2D eigenvalue weighted by Crippen LogP contribution is -2.78. The van der Waals surface area contributed by atoms with Crippen molar-refractivity contribution in [1.29, 1.82) is 0 Å². The summed E-state index contributed by atoms with van der Waals surface area (Å²) in [6.07, 6.45) is -7.19. The Morgan fingerprint density at radius 1 is 0.820 bits per heavy atom. The maximum atomic E-state index is 15.5. The Balaban J connectivity index is 1.26. The second-order valence-electron chi connectivity index (χ2n) is 17.5. The second kappa shape index (κ2) is 15.3. The minimum atomic E-state index is -2.24. The van der Waals surface area contributed by atoms with Gasteiger partial charge in [0.15, 0.2) is 23.6 Å². The van der Waals surface area contributed by atoms with Crippen LogP contribution in [0.4, 0.5) is 0 Å². The van der Waals surface area contributed by atoms with E-state index < -0.39 is 107 Å². The molecule has 320 valence electrons. The topological polar surface area (TPSA) is 201 Å². The van der Waals surface area contributed by atoms with Gasteiger partial charge in [0.05, 0.1) is 24.1 Å². The third-order valence-corrected chi connectivity index (χ3v) is 13.8. The van der Waals surface area contributed by atoms with Crippen LogP contribution in [0.5, 0.6) is 0 Å². The van der Waals surface area contributed by atoms with Crippen molar-refractivity contribution in [3.63, 3.8) is 0 Å². The summed E-state index contributed by atoms with van der Waals surface area (Å²) in [5.74, 6) is -6.16. The monoisotopic (exact) mass is 835 g/mol. The van der Waals surface area contributed by atoms with Crippen LogP contribution >= 0.6 is 0 Å². The van der Waals surface area contributed by atoms with Crippen LogP contribution in [-0.4, -0.2) is 94.1 Å². The highest BCUT2D eigenvalue weighted by molar-refractivity contribution is 5.98. The molecule has 3 saturated carbocycles. The van der Waals surface area contributed by atoms with Crippen molar-refractivity contribution in [2.45, 2.75) is 102 Å². The fourth-order valence-corrected chi connectivity index (χ4v) is 10.8. The molecule has 14 heteroatoms. The summed E-state index contributed by atoms with van der Waals surface area (Å²) >= 11 is 0. The number of rotatable bonds is 10. The van der Waals surface area contributed by atoms with E-state index in [-0.39, 0.29) is 41.2 Å². The third-order valence-electron chi connectivity index (χ3n) is 13.8. The van der Waals surface area contributed by atoms with Gasteiger partial charge in [0.1, 0.15) is 23.9 Å². The number of Topliss-reactive ketones (excluding diaryl/α,β-unsaturated/α-hetero) is 1. The molecule has 4 fully saturated rings. The molecule has 1 amide bonds. The maximum absolute atomic E-state index is 15.5. The van der Waals surface area contributed by atoms with E-state index in [4.69, 9.17) is 23.7 Å². The highest BCUT2D eigenvalue weighted by Gasteiger charge is 2.84. The summed E-state index contributed by atoms with van der Waals surface area (Å²) in [5.41, 5.74) is -5.51. The van der Waals surface area contributed by atoms with Crippen molar-refractivity contribution in [1.82, 2.24) is 5.32 Å². The molecule has 0 radical (unpaired) electrons. The molecule has 4 aliphatic carbocycles. The normalized spacial score (nSPS) is 32.7. The van der Waals surface area contributed by atoms with E-state index in [9.17, 15) is 34.2 Å². The molecule has 1 unspecified atom stereocenters. The molecule has 1 saturated heterocycles. The predicted molar refractivity (Wildman–Crippen MR) is 214 cm³/mol. The molecule has 3 aromatic rings. The zero-order valence-corrected chi connectivity index (χ0v) is 34.5. The summed E-state index contributed by atoms with van der Waals surface area (Å²) in [7, 11) is 0. The lowest BCUT2D eigenvalue weighted by Gasteiger charge is -2.64. The van der Waals surface area contributed by atoms with Gasteiger partial charge in [-0.1, -0.05) is 80.6 Å². The zero-order chi connectivity index (χ0) is 43.6. The molecule has 0 aromatic heterocycles. The van der Waals surface area contributed by atoms with Crippen molar-refractivity contribution >= 4 is 35.6 Å². The number of carbonyl (C=O) groups is 6. The predicted octanol–water partition coefficient (Wildman–Crippen LogP) is 4.37. The number of hydrogen-bond donors (Lipinski definition) is 3. The Morgan fingerprint density at radius 3 is 2.00 bits per heavy atom. The van der Waals surface area contributed by atoms with Crippen molar-refractivity contribution in [2.24, 2.45) is 22.7 Å². The van der Waals surface area contributed by atoms with Crippen LogP contribution in [0.15, 0.2) is 102 Å². The van der Waals surface area contributed by atoms with Gasteiger partial charge in [-0.15, -0.1) is 0 Å². The third kappa shape index (κ3) is 6.75. The number of aliphatic hydroxyl groups is 2. The molecule has 11 atom stereocenters. The van der Waals surface area contributed by atoms with Crippen LogP contribution in [0.2, 0.25) is 0 Å². The van der Waals surface area contributed by atoms with Crippen LogP contribution in [0, 0.1) is 22.7 Å². The largest absolute Gasteiger partial charge is 0.456 e. The van der Waals surface area contributed by atoms with E-state index in [2.05, 4.69) is 5.32 Å². The molecule has 2 bridgehead atoms. The molecule has 1 heterocycles. The first-order valence-electron chi connectivity index (χ1n) is 20.5. The first-order chi connectivity index (χ1) is 29.0. The van der Waals surface area contributed by atoms with E-state index in [1.165, 1.54) is 19.1 Å². The van der Waals surface area contributed by atoms with E-state index in [1.807, 2.05) is 0 Å². The number of carbonyl (C=O) groups excluding carboxylic acids is 6. The molecule has 5 aliphatic rings. The molecule has 3 N–H and O–H groups in total. The van der Waals surface area contributed by atoms with Gasteiger partial charge in [0.2, 0.25) is 0 Å². The highest BCUT2D eigenvalue weighted by Crippen LogP contribution is 2.74. The maximum Gasteiger partial charge on any atom is 0.338 e. The molecule has 14 nitrogen and oxygen atoms in total. The van der Waals surface area contributed by atoms with Gasteiger partial charge in [-0.05, 0) is 66.7 Å². The molecule has 1 spiro atoms. The zero-order valence-electron chi connectivity index (χ0n) is 34.5. The standard InChI is InChI=1S/C47H49NO13/c1-25-32(59-43(55)36(51)35(28-15-9-6-10-16-28)48-41(53)29-17-11-7-12-18-29)23-47(56)40(60-42(54)30-19-13-8-14-20-30)38-45(39(52)37(58-26(2)49)34(25)44(47,4)5)22-31(45)21-33-46(38,24-57-33)61-27(3)50/h6-20,31-33,35-38,40,51,56H,21-24H2,1-5H3,(H,48,53)/t31-,32?,33-,35+,36-,37-,38+,40+,45-,46+,47-/m1/s1. The van der Waals surface area contributed by atoms with E-state index in [1.54, 1.807) is 99.6 Å².